The molecule has 2 fully saturated rings. The van der Waals surface area contributed by atoms with E-state index in [9.17, 15) is 18.8 Å². The molecule has 1 aromatic heterocycles. The molecule has 0 saturated carbocycles. The van der Waals surface area contributed by atoms with Crippen LogP contribution in [-0.4, -0.2) is 72.5 Å². The lowest BCUT2D eigenvalue weighted by Crippen LogP contribution is -2.47. The Morgan fingerprint density at radius 1 is 0.897 bits per heavy atom. The largest absolute Gasteiger partial charge is 0.369 e. The van der Waals surface area contributed by atoms with Crippen LogP contribution >= 0.6 is 0 Å². The Morgan fingerprint density at radius 2 is 1.64 bits per heavy atom. The third-order valence-corrected chi connectivity index (χ3v) is 8.21. The zero-order valence-corrected chi connectivity index (χ0v) is 22.0. The van der Waals surface area contributed by atoms with Crippen LogP contribution in [0.2, 0.25) is 0 Å². The summed E-state index contributed by atoms with van der Waals surface area (Å²) >= 11 is 0. The number of piperidine rings is 1. The minimum atomic E-state index is -0.411. The van der Waals surface area contributed by atoms with Gasteiger partial charge in [0.05, 0.1) is 11.4 Å². The van der Waals surface area contributed by atoms with E-state index < -0.39 is 5.82 Å². The van der Waals surface area contributed by atoms with E-state index in [1.807, 2.05) is 40.8 Å². The number of amides is 2. The molecule has 4 heterocycles. The summed E-state index contributed by atoms with van der Waals surface area (Å²) in [6.07, 6.45) is 1.01. The second-order valence-electron chi connectivity index (χ2n) is 10.9. The minimum Gasteiger partial charge on any atom is -0.369 e. The standard InChI is InChI=1S/C30H32FN5O3/c1-33-11-13-34(14-12-33)30(39)22-7-10-27(25(16-22)32-29(38)21-5-8-24(31)9-6-21)35-17-20-15-23(19-35)26-3-2-4-28(37)36(26)18-20/h2-10,16,20,23H,11-15,17-19H2,1H3,(H,32,38). The van der Waals surface area contributed by atoms with Gasteiger partial charge < -0.3 is 24.6 Å². The Bertz CT molecular complexity index is 1460. The Hall–Kier alpha value is -3.98. The number of halogens is 1. The second kappa shape index (κ2) is 10.3. The van der Waals surface area contributed by atoms with Gasteiger partial charge in [-0.25, -0.2) is 4.39 Å². The van der Waals surface area contributed by atoms with Crippen molar-refractivity contribution in [3.63, 3.8) is 0 Å². The smallest absolute Gasteiger partial charge is 0.255 e. The summed E-state index contributed by atoms with van der Waals surface area (Å²) in [6, 6.07) is 16.4. The van der Waals surface area contributed by atoms with E-state index >= 15 is 0 Å². The van der Waals surface area contributed by atoms with Crippen molar-refractivity contribution in [1.82, 2.24) is 14.4 Å². The van der Waals surface area contributed by atoms with Crippen LogP contribution in [0.15, 0.2) is 65.5 Å². The van der Waals surface area contributed by atoms with Crippen molar-refractivity contribution in [2.75, 3.05) is 56.5 Å². The molecule has 2 atom stereocenters. The Kier molecular flexibility index (Phi) is 6.68. The fourth-order valence-corrected chi connectivity index (χ4v) is 6.13. The molecule has 2 bridgehead atoms. The number of pyridine rings is 1. The van der Waals surface area contributed by atoms with E-state index in [2.05, 4.69) is 15.1 Å². The second-order valence-corrected chi connectivity index (χ2v) is 10.9. The predicted octanol–water partition coefficient (Wildman–Crippen LogP) is 3.25. The molecule has 2 saturated heterocycles. The molecule has 0 radical (unpaired) electrons. The van der Waals surface area contributed by atoms with E-state index in [4.69, 9.17) is 0 Å². The van der Waals surface area contributed by atoms with Crippen LogP contribution in [0.3, 0.4) is 0 Å². The maximum atomic E-state index is 13.5. The number of likely N-dealkylation sites (N-methyl/N-ethyl adjacent to an activating group) is 1. The first-order valence-corrected chi connectivity index (χ1v) is 13.5. The summed E-state index contributed by atoms with van der Waals surface area (Å²) < 4.78 is 15.4. The highest BCUT2D eigenvalue weighted by molar-refractivity contribution is 6.07. The van der Waals surface area contributed by atoms with E-state index in [0.29, 0.717) is 48.9 Å². The average molecular weight is 530 g/mol. The number of carbonyl (C=O) groups excluding carboxylic acids is 2. The van der Waals surface area contributed by atoms with E-state index in [-0.39, 0.29) is 23.3 Å². The summed E-state index contributed by atoms with van der Waals surface area (Å²) in [4.78, 5) is 45.3. The zero-order valence-electron chi connectivity index (χ0n) is 22.0. The van der Waals surface area contributed by atoms with E-state index in [0.717, 1.165) is 37.4 Å². The summed E-state index contributed by atoms with van der Waals surface area (Å²) in [6.45, 7) is 5.05. The Balaban J connectivity index is 1.32. The number of benzene rings is 2. The fourth-order valence-electron chi connectivity index (χ4n) is 6.13. The normalized spacial score (nSPS) is 20.9. The summed E-state index contributed by atoms with van der Waals surface area (Å²) in [5.74, 6) is -0.348. The van der Waals surface area contributed by atoms with Gasteiger partial charge in [-0.3, -0.25) is 14.4 Å². The van der Waals surface area contributed by atoms with Gasteiger partial charge in [-0.1, -0.05) is 6.07 Å². The molecule has 3 aliphatic heterocycles. The van der Waals surface area contributed by atoms with Crippen LogP contribution in [-0.2, 0) is 6.54 Å². The molecule has 1 N–H and O–H groups in total. The van der Waals surface area contributed by atoms with Gasteiger partial charge in [0, 0.05) is 74.6 Å². The number of piperazine rings is 1. The highest BCUT2D eigenvalue weighted by atomic mass is 19.1. The molecule has 0 spiro atoms. The van der Waals surface area contributed by atoms with Gasteiger partial charge in [0.15, 0.2) is 0 Å². The molecule has 3 aromatic rings. The van der Waals surface area contributed by atoms with Crippen molar-refractivity contribution >= 4 is 23.2 Å². The van der Waals surface area contributed by atoms with Crippen LogP contribution in [0.25, 0.3) is 0 Å². The third kappa shape index (κ3) is 5.06. The summed E-state index contributed by atoms with van der Waals surface area (Å²) in [5, 5.41) is 3.01. The number of anilines is 2. The number of hydrogen-bond acceptors (Lipinski definition) is 5. The van der Waals surface area contributed by atoms with Gasteiger partial charge in [-0.2, -0.15) is 0 Å². The molecule has 202 valence electrons. The van der Waals surface area contributed by atoms with Crippen molar-refractivity contribution in [1.29, 1.82) is 0 Å². The SMILES string of the molecule is CN1CCN(C(=O)c2ccc(N3CC4CC(C3)c3cccc(=O)n3C4)c(NC(=O)c3ccc(F)cc3)c2)CC1. The van der Waals surface area contributed by atoms with Crippen LogP contribution < -0.4 is 15.8 Å². The lowest BCUT2D eigenvalue weighted by Gasteiger charge is -2.44. The predicted molar refractivity (Wildman–Crippen MR) is 148 cm³/mol. The van der Waals surface area contributed by atoms with Gasteiger partial charge in [0.25, 0.3) is 17.4 Å². The van der Waals surface area contributed by atoms with Gasteiger partial charge in [-0.15, -0.1) is 0 Å². The molecular formula is C30H32FN5O3. The number of nitrogens with one attached hydrogen (secondary N) is 1. The topological polar surface area (TPSA) is 77.9 Å². The van der Waals surface area contributed by atoms with Crippen molar-refractivity contribution in [2.24, 2.45) is 5.92 Å². The summed E-state index contributed by atoms with van der Waals surface area (Å²) in [5.41, 5.74) is 3.32. The first-order valence-electron chi connectivity index (χ1n) is 13.5. The number of rotatable bonds is 4. The maximum absolute atomic E-state index is 13.5. The molecule has 6 rings (SSSR count). The fraction of sp³-hybridized carbons (Fsp3) is 0.367. The number of nitrogens with zero attached hydrogens (tertiary/aromatic N) is 4. The van der Waals surface area contributed by atoms with Gasteiger partial charge in [0.2, 0.25) is 0 Å². The third-order valence-electron chi connectivity index (χ3n) is 8.21. The van der Waals surface area contributed by atoms with E-state index in [1.54, 1.807) is 12.1 Å². The summed E-state index contributed by atoms with van der Waals surface area (Å²) in [7, 11) is 2.04. The Morgan fingerprint density at radius 3 is 2.41 bits per heavy atom. The zero-order chi connectivity index (χ0) is 27.1. The molecule has 3 aliphatic rings. The Labute approximate surface area is 226 Å². The molecular weight excluding hydrogens is 497 g/mol. The number of hydrogen-bond donors (Lipinski definition) is 1. The van der Waals surface area contributed by atoms with Crippen LogP contribution in [0.4, 0.5) is 15.8 Å². The molecule has 39 heavy (non-hydrogen) atoms. The van der Waals surface area contributed by atoms with Gasteiger partial charge >= 0.3 is 0 Å². The lowest BCUT2D eigenvalue weighted by atomic mass is 9.83. The number of fused-ring (bicyclic) bond motifs is 4. The number of carbonyl (C=O) groups is 2. The van der Waals surface area contributed by atoms with Crippen molar-refractivity contribution in [3.05, 3.63) is 93.7 Å². The molecule has 8 nitrogen and oxygen atoms in total. The quantitative estimate of drug-likeness (QED) is 0.562. The average Bonchev–Trinajstić information content (AvgIpc) is 2.94. The van der Waals surface area contributed by atoms with Crippen LogP contribution in [0.1, 0.15) is 38.7 Å². The lowest BCUT2D eigenvalue weighted by molar-refractivity contribution is 0.0664. The highest BCUT2D eigenvalue weighted by Gasteiger charge is 2.35. The van der Waals surface area contributed by atoms with Crippen LogP contribution in [0, 0.1) is 11.7 Å². The molecule has 2 amide bonds. The molecule has 2 aromatic carbocycles. The van der Waals surface area contributed by atoms with Crippen molar-refractivity contribution in [3.8, 4) is 0 Å². The first-order chi connectivity index (χ1) is 18.9. The van der Waals surface area contributed by atoms with Gasteiger partial charge in [-0.05, 0) is 67.9 Å². The van der Waals surface area contributed by atoms with Gasteiger partial charge in [0.1, 0.15) is 5.82 Å². The molecule has 9 heteroatoms. The van der Waals surface area contributed by atoms with Crippen LogP contribution in [0.5, 0.6) is 0 Å². The van der Waals surface area contributed by atoms with E-state index in [1.165, 1.54) is 24.3 Å². The monoisotopic (exact) mass is 529 g/mol. The molecule has 0 aliphatic carbocycles. The molecule has 2 unspecified atom stereocenters. The minimum absolute atomic E-state index is 0.0367. The maximum Gasteiger partial charge on any atom is 0.255 e. The van der Waals surface area contributed by atoms with Crippen molar-refractivity contribution < 1.29 is 14.0 Å². The first kappa shape index (κ1) is 25.3. The number of aromatic nitrogens is 1. The highest BCUT2D eigenvalue weighted by Crippen LogP contribution is 2.39. The van der Waals surface area contributed by atoms with Crippen molar-refractivity contribution in [2.45, 2.75) is 18.9 Å².